The summed E-state index contributed by atoms with van der Waals surface area (Å²) in [5.74, 6) is -0.159. The molecule has 0 bridgehead atoms. The highest BCUT2D eigenvalue weighted by atomic mass is 19.1. The highest BCUT2D eigenvalue weighted by Crippen LogP contribution is 2.30. The lowest BCUT2D eigenvalue weighted by atomic mass is 9.79. The van der Waals surface area contributed by atoms with Crippen LogP contribution in [0.15, 0.2) is 18.2 Å². The number of nitrogens with zero attached hydrogens (tertiary/aromatic N) is 1. The minimum Gasteiger partial charge on any atom is -0.381 e. The molecule has 0 spiro atoms. The lowest BCUT2D eigenvalue weighted by Crippen LogP contribution is -2.55. The number of benzene rings is 1. The van der Waals surface area contributed by atoms with Crippen molar-refractivity contribution < 1.29 is 13.9 Å². The van der Waals surface area contributed by atoms with E-state index < -0.39 is 5.41 Å². The van der Waals surface area contributed by atoms with Crippen LogP contribution in [0, 0.1) is 18.2 Å². The van der Waals surface area contributed by atoms with Gasteiger partial charge in [-0.1, -0.05) is 0 Å². The average molecular weight is 349 g/mol. The van der Waals surface area contributed by atoms with E-state index in [0.717, 1.165) is 37.2 Å². The summed E-state index contributed by atoms with van der Waals surface area (Å²) in [4.78, 5) is 15.1. The van der Waals surface area contributed by atoms with Crippen molar-refractivity contribution in [3.8, 4) is 0 Å². The van der Waals surface area contributed by atoms with Crippen molar-refractivity contribution in [1.82, 2.24) is 5.32 Å². The number of rotatable bonds is 4. The maximum absolute atomic E-state index is 13.4. The van der Waals surface area contributed by atoms with Crippen molar-refractivity contribution in [2.75, 3.05) is 37.7 Å². The van der Waals surface area contributed by atoms with E-state index in [9.17, 15) is 9.18 Å². The molecule has 5 nitrogen and oxygen atoms in total. The molecule has 0 saturated carbocycles. The fraction of sp³-hybridized carbons (Fsp3) is 0.632. The molecular formula is C19H28FN3O2. The summed E-state index contributed by atoms with van der Waals surface area (Å²) >= 11 is 0. The van der Waals surface area contributed by atoms with Crippen molar-refractivity contribution in [2.45, 2.75) is 38.6 Å². The Hall–Kier alpha value is -1.66. The normalized spacial score (nSPS) is 23.3. The molecule has 0 aromatic heterocycles. The molecule has 1 amide bonds. The summed E-state index contributed by atoms with van der Waals surface area (Å²) in [6, 6.07) is 4.98. The van der Waals surface area contributed by atoms with Gasteiger partial charge in [-0.2, -0.15) is 0 Å². The Morgan fingerprint density at radius 2 is 2.20 bits per heavy atom. The van der Waals surface area contributed by atoms with E-state index in [0.29, 0.717) is 32.6 Å². The zero-order chi connectivity index (χ0) is 17.9. The Morgan fingerprint density at radius 3 is 2.88 bits per heavy atom. The molecule has 2 aliphatic rings. The van der Waals surface area contributed by atoms with Gasteiger partial charge in [-0.3, -0.25) is 4.79 Å². The number of piperidine rings is 1. The molecule has 3 rings (SSSR count). The van der Waals surface area contributed by atoms with Crippen LogP contribution in [-0.2, 0) is 9.53 Å². The number of nitrogens with one attached hydrogen (secondary N) is 1. The number of aryl methyl sites for hydroxylation is 1. The van der Waals surface area contributed by atoms with E-state index in [2.05, 4.69) is 10.2 Å². The smallest absolute Gasteiger partial charge is 0.227 e. The highest BCUT2D eigenvalue weighted by Gasteiger charge is 2.40. The number of nitrogens with two attached hydrogens (primary N) is 1. The maximum atomic E-state index is 13.4. The minimum atomic E-state index is -0.494. The molecule has 1 aromatic rings. The Kier molecular flexibility index (Phi) is 5.59. The summed E-state index contributed by atoms with van der Waals surface area (Å²) in [5, 5.41) is 3.22. The van der Waals surface area contributed by atoms with Gasteiger partial charge in [0.1, 0.15) is 5.82 Å². The van der Waals surface area contributed by atoms with Crippen molar-refractivity contribution in [3.05, 3.63) is 29.6 Å². The van der Waals surface area contributed by atoms with Gasteiger partial charge in [0.05, 0.1) is 5.41 Å². The molecule has 1 aromatic carbocycles. The number of carbonyl (C=O) groups excluding carboxylic acids is 1. The average Bonchev–Trinajstić information content (AvgIpc) is 2.62. The van der Waals surface area contributed by atoms with Crippen LogP contribution >= 0.6 is 0 Å². The second kappa shape index (κ2) is 7.70. The molecule has 2 saturated heterocycles. The Morgan fingerprint density at radius 1 is 1.44 bits per heavy atom. The first-order valence-electron chi connectivity index (χ1n) is 9.14. The van der Waals surface area contributed by atoms with Gasteiger partial charge in [-0.05, 0) is 56.4 Å². The molecule has 1 unspecified atom stereocenters. The van der Waals surface area contributed by atoms with Gasteiger partial charge in [-0.25, -0.2) is 4.39 Å². The third kappa shape index (κ3) is 3.96. The monoisotopic (exact) mass is 349 g/mol. The summed E-state index contributed by atoms with van der Waals surface area (Å²) in [6.07, 6.45) is 3.33. The Bertz CT molecular complexity index is 617. The van der Waals surface area contributed by atoms with Crippen LogP contribution in [0.3, 0.4) is 0 Å². The number of anilines is 1. The Labute approximate surface area is 148 Å². The fourth-order valence-corrected chi connectivity index (χ4v) is 3.91. The number of halogens is 1. The number of ether oxygens (including phenoxy) is 1. The molecule has 0 aliphatic carbocycles. The van der Waals surface area contributed by atoms with Crippen LogP contribution < -0.4 is 16.0 Å². The SMILES string of the molecule is Cc1cc(F)ccc1N1CCCC(NC(=O)C2(CN)CCOCC2)C1. The number of hydrogen-bond donors (Lipinski definition) is 2. The second-order valence-electron chi connectivity index (χ2n) is 7.29. The standard InChI is InChI=1S/C19H28FN3O2/c1-14-11-15(20)4-5-17(14)23-8-2-3-16(12-23)22-18(24)19(13-21)6-9-25-10-7-19/h4-5,11,16H,2-3,6-10,12-13,21H2,1H3,(H,22,24). The van der Waals surface area contributed by atoms with Gasteiger partial charge in [0, 0.05) is 44.6 Å². The predicted octanol–water partition coefficient (Wildman–Crippen LogP) is 1.97. The van der Waals surface area contributed by atoms with Crippen molar-refractivity contribution in [1.29, 1.82) is 0 Å². The molecule has 0 radical (unpaired) electrons. The summed E-state index contributed by atoms with van der Waals surface area (Å²) in [5.41, 5.74) is 7.41. The summed E-state index contributed by atoms with van der Waals surface area (Å²) in [7, 11) is 0. The number of amides is 1. The van der Waals surface area contributed by atoms with Crippen LogP contribution in [0.2, 0.25) is 0 Å². The first kappa shape index (κ1) is 18.1. The van der Waals surface area contributed by atoms with Gasteiger partial charge < -0.3 is 20.7 Å². The van der Waals surface area contributed by atoms with E-state index in [4.69, 9.17) is 10.5 Å². The van der Waals surface area contributed by atoms with E-state index in [1.807, 2.05) is 13.0 Å². The first-order valence-corrected chi connectivity index (χ1v) is 9.14. The van der Waals surface area contributed by atoms with E-state index in [1.54, 1.807) is 6.07 Å². The minimum absolute atomic E-state index is 0.0565. The molecule has 2 heterocycles. The van der Waals surface area contributed by atoms with Crippen LogP contribution in [0.5, 0.6) is 0 Å². The lowest BCUT2D eigenvalue weighted by Gasteiger charge is -2.39. The lowest BCUT2D eigenvalue weighted by molar-refractivity contribution is -0.136. The largest absolute Gasteiger partial charge is 0.381 e. The van der Waals surface area contributed by atoms with Crippen LogP contribution in [-0.4, -0.2) is 44.8 Å². The van der Waals surface area contributed by atoms with Gasteiger partial charge in [0.15, 0.2) is 0 Å². The Balaban J connectivity index is 1.66. The third-order valence-electron chi connectivity index (χ3n) is 5.58. The molecule has 6 heteroatoms. The third-order valence-corrected chi connectivity index (χ3v) is 5.58. The van der Waals surface area contributed by atoms with Crippen molar-refractivity contribution in [3.63, 3.8) is 0 Å². The van der Waals surface area contributed by atoms with E-state index in [-0.39, 0.29) is 17.8 Å². The van der Waals surface area contributed by atoms with E-state index >= 15 is 0 Å². The molecular weight excluding hydrogens is 321 g/mol. The topological polar surface area (TPSA) is 67.6 Å². The van der Waals surface area contributed by atoms with Crippen molar-refractivity contribution >= 4 is 11.6 Å². The van der Waals surface area contributed by atoms with Gasteiger partial charge in [0.2, 0.25) is 5.91 Å². The first-order chi connectivity index (χ1) is 12.0. The van der Waals surface area contributed by atoms with Crippen LogP contribution in [0.25, 0.3) is 0 Å². The maximum Gasteiger partial charge on any atom is 0.227 e. The van der Waals surface area contributed by atoms with Crippen LogP contribution in [0.1, 0.15) is 31.2 Å². The zero-order valence-corrected chi connectivity index (χ0v) is 14.9. The highest BCUT2D eigenvalue weighted by molar-refractivity contribution is 5.83. The fourth-order valence-electron chi connectivity index (χ4n) is 3.91. The molecule has 2 fully saturated rings. The number of carbonyl (C=O) groups is 1. The molecule has 25 heavy (non-hydrogen) atoms. The summed E-state index contributed by atoms with van der Waals surface area (Å²) in [6.45, 7) is 5.14. The van der Waals surface area contributed by atoms with Crippen LogP contribution in [0.4, 0.5) is 10.1 Å². The zero-order valence-electron chi connectivity index (χ0n) is 14.9. The summed E-state index contributed by atoms with van der Waals surface area (Å²) < 4.78 is 18.7. The second-order valence-corrected chi connectivity index (χ2v) is 7.29. The van der Waals surface area contributed by atoms with Gasteiger partial charge in [0.25, 0.3) is 0 Å². The number of hydrogen-bond acceptors (Lipinski definition) is 4. The van der Waals surface area contributed by atoms with Gasteiger partial charge >= 0.3 is 0 Å². The molecule has 2 aliphatic heterocycles. The predicted molar refractivity (Wildman–Crippen MR) is 96.1 cm³/mol. The van der Waals surface area contributed by atoms with Crippen molar-refractivity contribution in [2.24, 2.45) is 11.1 Å². The molecule has 138 valence electrons. The quantitative estimate of drug-likeness (QED) is 0.872. The molecule has 1 atom stereocenters. The van der Waals surface area contributed by atoms with E-state index in [1.165, 1.54) is 6.07 Å². The molecule has 3 N–H and O–H groups in total. The van der Waals surface area contributed by atoms with Gasteiger partial charge in [-0.15, -0.1) is 0 Å².